The van der Waals surface area contributed by atoms with Crippen LogP contribution in [0.5, 0.6) is 0 Å². The van der Waals surface area contributed by atoms with E-state index in [2.05, 4.69) is 13.8 Å². The lowest BCUT2D eigenvalue weighted by Crippen LogP contribution is -2.36. The van der Waals surface area contributed by atoms with Gasteiger partial charge in [0.25, 0.3) is 0 Å². The summed E-state index contributed by atoms with van der Waals surface area (Å²) in [6.45, 7) is 5.84. The lowest BCUT2D eigenvalue weighted by molar-refractivity contribution is -0.230. The highest BCUT2D eigenvalue weighted by molar-refractivity contribution is 4.65. The molecule has 4 heteroatoms. The van der Waals surface area contributed by atoms with Crippen LogP contribution in [0, 0.1) is 0 Å². The first kappa shape index (κ1) is 16.9. The van der Waals surface area contributed by atoms with Crippen LogP contribution in [-0.4, -0.2) is 43.4 Å². The van der Waals surface area contributed by atoms with E-state index < -0.39 is 0 Å². The molecule has 0 bridgehead atoms. The first-order chi connectivity index (χ1) is 9.26. The van der Waals surface area contributed by atoms with Crippen LogP contribution in [-0.2, 0) is 14.2 Å². The van der Waals surface area contributed by atoms with E-state index >= 15 is 0 Å². The fourth-order valence-corrected chi connectivity index (χ4v) is 2.24. The Morgan fingerprint density at radius 1 is 1.26 bits per heavy atom. The maximum absolute atomic E-state index is 9.08. The predicted octanol–water partition coefficient (Wildman–Crippen LogP) is 2.88. The lowest BCUT2D eigenvalue weighted by atomic mass is 10.2. The van der Waals surface area contributed by atoms with Crippen LogP contribution in [0.4, 0.5) is 0 Å². The zero-order valence-corrected chi connectivity index (χ0v) is 12.5. The molecular formula is C15H30O4. The zero-order valence-electron chi connectivity index (χ0n) is 12.5. The standard InChI is InChI=1S/C15H30O4/c1-3-4-5-6-7-9-17-13(2)11-15-18-10-8-14(12-16)19-15/h13-16H,3-12H2,1-2H3/t13?,14-,15+/m1/s1. The quantitative estimate of drug-likeness (QED) is 0.622. The Morgan fingerprint density at radius 2 is 2.05 bits per heavy atom. The van der Waals surface area contributed by atoms with Crippen LogP contribution in [0.15, 0.2) is 0 Å². The number of rotatable bonds is 10. The first-order valence-corrected chi connectivity index (χ1v) is 7.75. The van der Waals surface area contributed by atoms with Gasteiger partial charge in [-0.2, -0.15) is 0 Å². The van der Waals surface area contributed by atoms with Gasteiger partial charge in [-0.15, -0.1) is 0 Å². The minimum Gasteiger partial charge on any atom is -0.394 e. The van der Waals surface area contributed by atoms with Gasteiger partial charge >= 0.3 is 0 Å². The molecule has 4 nitrogen and oxygen atoms in total. The largest absolute Gasteiger partial charge is 0.394 e. The Labute approximate surface area is 117 Å². The summed E-state index contributed by atoms with van der Waals surface area (Å²) in [5.74, 6) is 0. The smallest absolute Gasteiger partial charge is 0.160 e. The third-order valence-electron chi connectivity index (χ3n) is 3.47. The molecule has 0 aromatic heterocycles. The van der Waals surface area contributed by atoms with Gasteiger partial charge in [0.05, 0.1) is 25.4 Å². The van der Waals surface area contributed by atoms with E-state index in [0.29, 0.717) is 6.61 Å². The molecule has 0 saturated carbocycles. The molecule has 114 valence electrons. The molecule has 0 amide bonds. The van der Waals surface area contributed by atoms with Crippen LogP contribution >= 0.6 is 0 Å². The van der Waals surface area contributed by atoms with Crippen LogP contribution in [0.2, 0.25) is 0 Å². The van der Waals surface area contributed by atoms with Crippen molar-refractivity contribution in [2.45, 2.75) is 77.3 Å². The van der Waals surface area contributed by atoms with Gasteiger partial charge in [-0.05, 0) is 19.8 Å². The van der Waals surface area contributed by atoms with E-state index in [-0.39, 0.29) is 25.1 Å². The van der Waals surface area contributed by atoms with Gasteiger partial charge in [0.2, 0.25) is 0 Å². The van der Waals surface area contributed by atoms with Crippen molar-refractivity contribution in [3.63, 3.8) is 0 Å². The Hall–Kier alpha value is -0.160. The van der Waals surface area contributed by atoms with E-state index in [0.717, 1.165) is 25.9 Å². The number of unbranched alkanes of at least 4 members (excludes halogenated alkanes) is 4. The minimum absolute atomic E-state index is 0.0695. The topological polar surface area (TPSA) is 47.9 Å². The van der Waals surface area contributed by atoms with Gasteiger partial charge in [0.1, 0.15) is 0 Å². The minimum atomic E-state index is -0.221. The van der Waals surface area contributed by atoms with Crippen LogP contribution in [0.25, 0.3) is 0 Å². The third-order valence-corrected chi connectivity index (χ3v) is 3.47. The summed E-state index contributed by atoms with van der Waals surface area (Å²) in [6, 6.07) is 0. The summed E-state index contributed by atoms with van der Waals surface area (Å²) in [6.07, 6.45) is 7.67. The highest BCUT2D eigenvalue weighted by Crippen LogP contribution is 2.17. The number of hydrogen-bond acceptors (Lipinski definition) is 4. The van der Waals surface area contributed by atoms with Crippen molar-refractivity contribution in [2.75, 3.05) is 19.8 Å². The predicted molar refractivity (Wildman–Crippen MR) is 75.1 cm³/mol. The van der Waals surface area contributed by atoms with E-state index in [1.807, 2.05) is 0 Å². The van der Waals surface area contributed by atoms with Crippen molar-refractivity contribution >= 4 is 0 Å². The van der Waals surface area contributed by atoms with Crippen LogP contribution < -0.4 is 0 Å². The molecule has 1 aliphatic rings. The summed E-state index contributed by atoms with van der Waals surface area (Å²) >= 11 is 0. The molecule has 19 heavy (non-hydrogen) atoms. The summed E-state index contributed by atoms with van der Waals surface area (Å²) < 4.78 is 16.9. The lowest BCUT2D eigenvalue weighted by Gasteiger charge is -2.30. The van der Waals surface area contributed by atoms with Gasteiger partial charge in [-0.25, -0.2) is 0 Å². The molecule has 0 aliphatic carbocycles. The first-order valence-electron chi connectivity index (χ1n) is 7.75. The monoisotopic (exact) mass is 274 g/mol. The molecule has 0 radical (unpaired) electrons. The average Bonchev–Trinajstić information content (AvgIpc) is 2.43. The SMILES string of the molecule is CCCCCCCOC(C)C[C@H]1OCC[C@H](CO)O1. The summed E-state index contributed by atoms with van der Waals surface area (Å²) in [5.41, 5.74) is 0. The second kappa shape index (κ2) is 10.6. The highest BCUT2D eigenvalue weighted by Gasteiger charge is 2.24. The van der Waals surface area contributed by atoms with Gasteiger partial charge in [0.15, 0.2) is 6.29 Å². The summed E-state index contributed by atoms with van der Waals surface area (Å²) in [4.78, 5) is 0. The number of hydrogen-bond donors (Lipinski definition) is 1. The second-order valence-electron chi connectivity index (χ2n) is 5.36. The van der Waals surface area contributed by atoms with Crippen molar-refractivity contribution in [1.82, 2.24) is 0 Å². The molecule has 1 fully saturated rings. The van der Waals surface area contributed by atoms with Gasteiger partial charge in [0, 0.05) is 13.0 Å². The number of aliphatic hydroxyl groups excluding tert-OH is 1. The molecule has 1 saturated heterocycles. The van der Waals surface area contributed by atoms with Gasteiger partial charge in [-0.3, -0.25) is 0 Å². The van der Waals surface area contributed by atoms with E-state index in [9.17, 15) is 0 Å². The molecule has 1 rings (SSSR count). The van der Waals surface area contributed by atoms with Crippen molar-refractivity contribution < 1.29 is 19.3 Å². The highest BCUT2D eigenvalue weighted by atomic mass is 16.7. The summed E-state index contributed by atoms with van der Waals surface area (Å²) in [7, 11) is 0. The number of ether oxygens (including phenoxy) is 3. The molecule has 1 heterocycles. The van der Waals surface area contributed by atoms with Crippen molar-refractivity contribution in [3.05, 3.63) is 0 Å². The molecule has 3 atom stereocenters. The summed E-state index contributed by atoms with van der Waals surface area (Å²) in [5, 5.41) is 9.08. The second-order valence-corrected chi connectivity index (χ2v) is 5.36. The molecule has 1 N–H and O–H groups in total. The molecular weight excluding hydrogens is 244 g/mol. The number of aliphatic hydroxyl groups is 1. The molecule has 0 aromatic carbocycles. The van der Waals surface area contributed by atoms with E-state index in [4.69, 9.17) is 19.3 Å². The Balaban J connectivity index is 2.02. The average molecular weight is 274 g/mol. The van der Waals surface area contributed by atoms with E-state index in [1.165, 1.54) is 25.7 Å². The normalized spacial score (nSPS) is 25.4. The third kappa shape index (κ3) is 7.88. The molecule has 1 aliphatic heterocycles. The van der Waals surface area contributed by atoms with Crippen LogP contribution in [0.1, 0.15) is 58.8 Å². The zero-order chi connectivity index (χ0) is 13.9. The van der Waals surface area contributed by atoms with Gasteiger partial charge < -0.3 is 19.3 Å². The van der Waals surface area contributed by atoms with Gasteiger partial charge in [-0.1, -0.05) is 32.6 Å². The fraction of sp³-hybridized carbons (Fsp3) is 1.00. The molecule has 0 aromatic rings. The Bertz CT molecular complexity index is 210. The maximum Gasteiger partial charge on any atom is 0.160 e. The van der Waals surface area contributed by atoms with Crippen LogP contribution in [0.3, 0.4) is 0 Å². The van der Waals surface area contributed by atoms with Crippen molar-refractivity contribution in [3.8, 4) is 0 Å². The fourth-order valence-electron chi connectivity index (χ4n) is 2.24. The molecule has 1 unspecified atom stereocenters. The maximum atomic E-state index is 9.08. The van der Waals surface area contributed by atoms with Crippen molar-refractivity contribution in [1.29, 1.82) is 0 Å². The Kier molecular flexibility index (Phi) is 9.43. The van der Waals surface area contributed by atoms with E-state index in [1.54, 1.807) is 0 Å². The molecule has 0 spiro atoms. The van der Waals surface area contributed by atoms with Crippen molar-refractivity contribution in [2.24, 2.45) is 0 Å². The Morgan fingerprint density at radius 3 is 2.79 bits per heavy atom.